The summed E-state index contributed by atoms with van der Waals surface area (Å²) in [5.74, 6) is -0.308. The molecule has 10 nitrogen and oxygen atoms in total. The van der Waals surface area contributed by atoms with Crippen molar-refractivity contribution in [1.29, 1.82) is 5.41 Å². The van der Waals surface area contributed by atoms with E-state index in [4.69, 9.17) is 15.9 Å². The van der Waals surface area contributed by atoms with Crippen LogP contribution in [-0.2, 0) is 11.2 Å². The van der Waals surface area contributed by atoms with Crippen LogP contribution in [0.4, 0.5) is 0 Å². The number of piperidine rings is 1. The van der Waals surface area contributed by atoms with Gasteiger partial charge in [-0.05, 0) is 55.2 Å². The second-order valence-corrected chi connectivity index (χ2v) is 8.84. The van der Waals surface area contributed by atoms with Crippen LogP contribution in [-0.4, -0.2) is 51.8 Å². The molecule has 1 atom stereocenters. The summed E-state index contributed by atoms with van der Waals surface area (Å²) in [6, 6.07) is 14.9. The van der Waals surface area contributed by atoms with Crippen molar-refractivity contribution < 1.29 is 14.3 Å². The zero-order valence-corrected chi connectivity index (χ0v) is 20.1. The van der Waals surface area contributed by atoms with Crippen molar-refractivity contribution in [3.8, 4) is 17.3 Å². The lowest BCUT2D eigenvalue weighted by atomic mass is 10.1. The molecule has 6 N–H and O–H groups in total. The fourth-order valence-corrected chi connectivity index (χ4v) is 4.30. The Hall–Kier alpha value is -4.73. The van der Waals surface area contributed by atoms with Crippen LogP contribution in [0.25, 0.3) is 22.2 Å². The van der Waals surface area contributed by atoms with Gasteiger partial charge in [0.1, 0.15) is 5.84 Å². The highest BCUT2D eigenvalue weighted by Gasteiger charge is 2.24. The Balaban J connectivity index is 1.18. The number of benzene rings is 2. The van der Waals surface area contributed by atoms with Crippen molar-refractivity contribution in [2.45, 2.75) is 25.4 Å². The van der Waals surface area contributed by atoms with E-state index in [0.29, 0.717) is 42.8 Å². The minimum absolute atomic E-state index is 0.0162. The van der Waals surface area contributed by atoms with Gasteiger partial charge in [-0.3, -0.25) is 15.0 Å². The molecule has 5 rings (SSSR count). The van der Waals surface area contributed by atoms with Crippen molar-refractivity contribution in [2.24, 2.45) is 5.73 Å². The van der Waals surface area contributed by atoms with Crippen LogP contribution in [0.3, 0.4) is 0 Å². The first-order valence-electron chi connectivity index (χ1n) is 12.1. The van der Waals surface area contributed by atoms with Gasteiger partial charge in [-0.15, -0.1) is 0 Å². The predicted molar refractivity (Wildman–Crippen MR) is 139 cm³/mol. The average molecular weight is 498 g/mol. The van der Waals surface area contributed by atoms with Crippen LogP contribution in [0.2, 0.25) is 0 Å². The smallest absolute Gasteiger partial charge is 0.317 e. The highest BCUT2D eigenvalue weighted by atomic mass is 16.5. The second-order valence-electron chi connectivity index (χ2n) is 8.84. The number of carbonyl (C=O) groups is 2. The minimum atomic E-state index is -0.587. The molecule has 0 saturated carbocycles. The number of fused-ring (bicyclic) bond motifs is 1. The summed E-state index contributed by atoms with van der Waals surface area (Å²) in [6.45, 7) is 1.12. The fraction of sp³-hybridized carbons (Fsp3) is 0.222. The Morgan fingerprint density at radius 1 is 1.19 bits per heavy atom. The molecule has 1 aliphatic rings. The molecule has 0 bridgehead atoms. The number of hydrogen-bond acceptors (Lipinski definition) is 6. The lowest BCUT2D eigenvalue weighted by molar-refractivity contribution is -0.130. The topological polar surface area (TPSA) is 159 Å². The van der Waals surface area contributed by atoms with Crippen LogP contribution in [0.5, 0.6) is 6.01 Å². The van der Waals surface area contributed by atoms with Crippen LogP contribution >= 0.6 is 0 Å². The number of hydrogen-bond donors (Lipinski definition) is 5. The van der Waals surface area contributed by atoms with Gasteiger partial charge in [0.2, 0.25) is 0 Å². The van der Waals surface area contributed by atoms with Crippen molar-refractivity contribution in [3.63, 3.8) is 0 Å². The molecule has 4 aromatic rings. The van der Waals surface area contributed by atoms with Gasteiger partial charge >= 0.3 is 6.01 Å². The van der Waals surface area contributed by atoms with Crippen LogP contribution in [0.15, 0.2) is 60.9 Å². The first kappa shape index (κ1) is 24.0. The van der Waals surface area contributed by atoms with Crippen molar-refractivity contribution in [3.05, 3.63) is 77.6 Å². The van der Waals surface area contributed by atoms with Gasteiger partial charge in [-0.1, -0.05) is 18.2 Å². The van der Waals surface area contributed by atoms with Crippen LogP contribution in [0, 0.1) is 5.41 Å². The largest absolute Gasteiger partial charge is 0.450 e. The molecule has 1 aliphatic heterocycles. The summed E-state index contributed by atoms with van der Waals surface area (Å²) in [6.07, 6.45) is 4.85. The zero-order valence-electron chi connectivity index (χ0n) is 20.1. The maximum atomic E-state index is 12.7. The highest BCUT2D eigenvalue weighted by Crippen LogP contribution is 2.21. The maximum absolute atomic E-state index is 12.7. The van der Waals surface area contributed by atoms with Gasteiger partial charge in [0.05, 0.1) is 5.69 Å². The Morgan fingerprint density at radius 2 is 2.03 bits per heavy atom. The number of rotatable bonds is 8. The number of ether oxygens (including phenoxy) is 1. The third kappa shape index (κ3) is 5.43. The SMILES string of the molecule is N=C(N)c1c[nH]c2ccc(CCNC(=O)c3ccc(-c4ccnc(OC5CCCNC5=O)n4)cc3)cc12. The lowest BCUT2D eigenvalue weighted by Gasteiger charge is -2.21. The van der Waals surface area contributed by atoms with E-state index in [9.17, 15) is 9.59 Å². The van der Waals surface area contributed by atoms with Crippen LogP contribution < -0.4 is 21.1 Å². The first-order chi connectivity index (χ1) is 18.0. The molecule has 2 aromatic carbocycles. The van der Waals surface area contributed by atoms with Gasteiger partial charge in [0.25, 0.3) is 11.8 Å². The number of nitrogens with one attached hydrogen (secondary N) is 4. The molecule has 1 unspecified atom stereocenters. The summed E-state index contributed by atoms with van der Waals surface area (Å²) in [7, 11) is 0. The number of H-pyrrole nitrogens is 1. The summed E-state index contributed by atoms with van der Waals surface area (Å²) in [5.41, 5.74) is 10.3. The second kappa shape index (κ2) is 10.5. The molecule has 2 aromatic heterocycles. The quantitative estimate of drug-likeness (QED) is 0.186. The molecule has 3 heterocycles. The monoisotopic (exact) mass is 497 g/mol. The molecular formula is C27H27N7O3. The standard InChI is InChI=1S/C27H27N7O3/c28-24(29)20-15-33-22-8-3-16(14-19(20)22)9-12-31-25(35)18-6-4-17(5-7-18)21-10-13-32-27(34-21)37-23-2-1-11-30-26(23)36/h3-8,10,13-15,23,33H,1-2,9,11-12H2,(H3,28,29)(H,30,36)(H,31,35). The van der Waals surface area contributed by atoms with Gasteiger partial charge in [-0.25, -0.2) is 4.98 Å². The Kier molecular flexibility index (Phi) is 6.80. The van der Waals surface area contributed by atoms with E-state index in [0.717, 1.165) is 28.5 Å². The molecule has 10 heteroatoms. The normalized spacial score (nSPS) is 15.2. The number of amidine groups is 1. The predicted octanol–water partition coefficient (Wildman–Crippen LogP) is 2.54. The van der Waals surface area contributed by atoms with Gasteiger partial charge in [-0.2, -0.15) is 4.98 Å². The third-order valence-electron chi connectivity index (χ3n) is 6.29. The molecule has 1 fully saturated rings. The molecule has 0 aliphatic carbocycles. The summed E-state index contributed by atoms with van der Waals surface area (Å²) >= 11 is 0. The van der Waals surface area contributed by atoms with Gasteiger partial charge in [0, 0.05) is 53.1 Å². The molecule has 0 spiro atoms. The molecule has 2 amide bonds. The van der Waals surface area contributed by atoms with E-state index in [1.807, 2.05) is 30.3 Å². The molecule has 1 saturated heterocycles. The number of carbonyl (C=O) groups excluding carboxylic acids is 2. The third-order valence-corrected chi connectivity index (χ3v) is 6.29. The van der Waals surface area contributed by atoms with E-state index in [-0.39, 0.29) is 23.7 Å². The molecule has 37 heavy (non-hydrogen) atoms. The molecule has 188 valence electrons. The number of nitrogen functional groups attached to an aromatic ring is 1. The maximum Gasteiger partial charge on any atom is 0.317 e. The fourth-order valence-electron chi connectivity index (χ4n) is 4.30. The average Bonchev–Trinajstić information content (AvgIpc) is 3.34. The van der Waals surface area contributed by atoms with Gasteiger partial charge in [0.15, 0.2) is 6.10 Å². The van der Waals surface area contributed by atoms with Crippen molar-refractivity contribution in [1.82, 2.24) is 25.6 Å². The van der Waals surface area contributed by atoms with Crippen molar-refractivity contribution >= 4 is 28.6 Å². The molecule has 0 radical (unpaired) electrons. The van der Waals surface area contributed by atoms with Crippen molar-refractivity contribution in [2.75, 3.05) is 13.1 Å². The summed E-state index contributed by atoms with van der Waals surface area (Å²) in [5, 5.41) is 14.3. The number of nitrogens with zero attached hydrogens (tertiary/aromatic N) is 2. The van der Waals surface area contributed by atoms with E-state index >= 15 is 0 Å². The molecular weight excluding hydrogens is 470 g/mol. The number of aromatic nitrogens is 3. The number of amides is 2. The van der Waals surface area contributed by atoms with Crippen LogP contribution in [0.1, 0.15) is 34.3 Å². The number of aromatic amines is 1. The first-order valence-corrected chi connectivity index (χ1v) is 12.1. The zero-order chi connectivity index (χ0) is 25.8. The van der Waals surface area contributed by atoms with E-state index in [1.165, 1.54) is 0 Å². The lowest BCUT2D eigenvalue weighted by Crippen LogP contribution is -2.43. The van der Waals surface area contributed by atoms with E-state index in [1.54, 1.807) is 30.6 Å². The minimum Gasteiger partial charge on any atom is -0.450 e. The van der Waals surface area contributed by atoms with Gasteiger partial charge < -0.3 is 26.1 Å². The Bertz CT molecular complexity index is 1460. The summed E-state index contributed by atoms with van der Waals surface area (Å²) < 4.78 is 5.69. The van der Waals surface area contributed by atoms with E-state index in [2.05, 4.69) is 25.6 Å². The Morgan fingerprint density at radius 3 is 2.81 bits per heavy atom. The summed E-state index contributed by atoms with van der Waals surface area (Å²) in [4.78, 5) is 36.3. The Labute approximate surface area is 213 Å². The van der Waals surface area contributed by atoms with E-state index < -0.39 is 6.10 Å². The number of nitrogens with two attached hydrogens (primary N) is 1. The highest BCUT2D eigenvalue weighted by molar-refractivity contribution is 6.07.